The third-order valence-electron chi connectivity index (χ3n) is 3.89. The van der Waals surface area contributed by atoms with Gasteiger partial charge >= 0.3 is 0 Å². The fourth-order valence-electron chi connectivity index (χ4n) is 2.57. The van der Waals surface area contributed by atoms with Crippen LogP contribution in [0.2, 0.25) is 0 Å². The van der Waals surface area contributed by atoms with Gasteiger partial charge in [0.05, 0.1) is 10.8 Å². The van der Waals surface area contributed by atoms with Crippen LogP contribution in [0.25, 0.3) is 0 Å². The van der Waals surface area contributed by atoms with Crippen molar-refractivity contribution in [1.82, 2.24) is 14.8 Å². The lowest BCUT2D eigenvalue weighted by Gasteiger charge is -2.12. The standard InChI is InChI=1S/C15H19N5O2S2/c1-9(13(22)17-14-10(12(16)21)6-8-23-14)24-15-19-18-11-5-3-2-4-7-20(11)15/h6,8-9H,2-5,7H2,1H3,(H2,16,21)(H,17,22). The number of carbonyl (C=O) groups is 2. The molecule has 0 radical (unpaired) electrons. The Balaban J connectivity index is 1.67. The van der Waals surface area contributed by atoms with Gasteiger partial charge in [0, 0.05) is 13.0 Å². The fraction of sp³-hybridized carbons (Fsp3) is 0.467. The number of rotatable bonds is 5. The van der Waals surface area contributed by atoms with Crippen LogP contribution in [0.4, 0.5) is 5.00 Å². The van der Waals surface area contributed by atoms with Gasteiger partial charge in [-0.1, -0.05) is 18.2 Å². The van der Waals surface area contributed by atoms with Crippen LogP contribution in [-0.2, 0) is 17.8 Å². The highest BCUT2D eigenvalue weighted by molar-refractivity contribution is 8.00. The lowest BCUT2D eigenvalue weighted by Crippen LogP contribution is -2.24. The van der Waals surface area contributed by atoms with E-state index in [-0.39, 0.29) is 11.2 Å². The largest absolute Gasteiger partial charge is 0.366 e. The quantitative estimate of drug-likeness (QED) is 0.791. The minimum absolute atomic E-state index is 0.184. The summed E-state index contributed by atoms with van der Waals surface area (Å²) >= 11 is 2.67. The molecule has 128 valence electrons. The number of aryl methyl sites for hydroxylation is 1. The first kappa shape index (κ1) is 17.0. The summed E-state index contributed by atoms with van der Waals surface area (Å²) in [6.07, 6.45) is 4.37. The van der Waals surface area contributed by atoms with E-state index >= 15 is 0 Å². The van der Waals surface area contributed by atoms with E-state index in [9.17, 15) is 9.59 Å². The highest BCUT2D eigenvalue weighted by Crippen LogP contribution is 2.28. The average molecular weight is 365 g/mol. The van der Waals surface area contributed by atoms with E-state index in [0.29, 0.717) is 10.6 Å². The summed E-state index contributed by atoms with van der Waals surface area (Å²) in [4.78, 5) is 23.7. The number of carbonyl (C=O) groups excluding carboxylic acids is 2. The summed E-state index contributed by atoms with van der Waals surface area (Å²) in [5.41, 5.74) is 5.64. The van der Waals surface area contributed by atoms with Crippen LogP contribution < -0.4 is 11.1 Å². The van der Waals surface area contributed by atoms with E-state index in [1.54, 1.807) is 11.4 Å². The van der Waals surface area contributed by atoms with Crippen LogP contribution in [0.3, 0.4) is 0 Å². The van der Waals surface area contributed by atoms with Crippen LogP contribution in [0.15, 0.2) is 16.6 Å². The number of fused-ring (bicyclic) bond motifs is 1. The van der Waals surface area contributed by atoms with Gasteiger partial charge in [-0.15, -0.1) is 21.5 Å². The first-order chi connectivity index (χ1) is 11.6. The molecule has 7 nitrogen and oxygen atoms in total. The summed E-state index contributed by atoms with van der Waals surface area (Å²) in [7, 11) is 0. The number of nitrogens with one attached hydrogen (secondary N) is 1. The van der Waals surface area contributed by atoms with Crippen molar-refractivity contribution in [3.05, 3.63) is 22.8 Å². The Morgan fingerprint density at radius 2 is 2.21 bits per heavy atom. The lowest BCUT2D eigenvalue weighted by atomic mass is 10.2. The molecule has 0 saturated heterocycles. The predicted molar refractivity (Wildman–Crippen MR) is 94.4 cm³/mol. The molecule has 0 bridgehead atoms. The predicted octanol–water partition coefficient (Wildman–Crippen LogP) is 2.28. The molecule has 9 heteroatoms. The number of anilines is 1. The summed E-state index contributed by atoms with van der Waals surface area (Å²) in [5.74, 6) is 0.266. The zero-order valence-electron chi connectivity index (χ0n) is 13.3. The average Bonchev–Trinajstić information content (AvgIpc) is 3.08. The highest BCUT2D eigenvalue weighted by Gasteiger charge is 2.22. The second kappa shape index (κ2) is 7.35. The number of primary amides is 1. The summed E-state index contributed by atoms with van der Waals surface area (Å²) in [6.45, 7) is 2.71. The maximum absolute atomic E-state index is 12.4. The molecule has 0 fully saturated rings. The minimum Gasteiger partial charge on any atom is -0.366 e. The SMILES string of the molecule is CC(Sc1nnc2n1CCCCC2)C(=O)Nc1sccc1C(N)=O. The maximum Gasteiger partial charge on any atom is 0.251 e. The Hall–Kier alpha value is -1.87. The number of thioether (sulfide) groups is 1. The zero-order chi connectivity index (χ0) is 17.1. The lowest BCUT2D eigenvalue weighted by molar-refractivity contribution is -0.115. The molecule has 3 heterocycles. The number of nitrogens with zero attached hydrogens (tertiary/aromatic N) is 3. The van der Waals surface area contributed by atoms with Crippen LogP contribution in [0.5, 0.6) is 0 Å². The minimum atomic E-state index is -0.547. The molecule has 0 spiro atoms. The van der Waals surface area contributed by atoms with Gasteiger partial charge in [0.25, 0.3) is 5.91 Å². The molecular weight excluding hydrogens is 346 g/mol. The molecule has 0 saturated carbocycles. The Morgan fingerprint density at radius 3 is 3.00 bits per heavy atom. The van der Waals surface area contributed by atoms with Crippen LogP contribution in [0.1, 0.15) is 42.4 Å². The third kappa shape index (κ3) is 3.62. The maximum atomic E-state index is 12.4. The molecule has 0 aliphatic carbocycles. The molecule has 2 amide bonds. The fourth-order valence-corrected chi connectivity index (χ4v) is 4.26. The number of aromatic nitrogens is 3. The van der Waals surface area contributed by atoms with Gasteiger partial charge in [0.1, 0.15) is 10.8 Å². The Kier molecular flexibility index (Phi) is 5.20. The number of thiophene rings is 1. The van der Waals surface area contributed by atoms with E-state index < -0.39 is 5.91 Å². The second-order valence-corrected chi connectivity index (χ2v) is 7.86. The number of amides is 2. The van der Waals surface area contributed by atoms with Crippen molar-refractivity contribution in [1.29, 1.82) is 0 Å². The molecular formula is C15H19N5O2S2. The van der Waals surface area contributed by atoms with Gasteiger partial charge in [-0.25, -0.2) is 0 Å². The second-order valence-electron chi connectivity index (χ2n) is 5.64. The number of hydrogen-bond donors (Lipinski definition) is 2. The molecule has 2 aromatic rings. The van der Waals surface area contributed by atoms with Gasteiger partial charge in [-0.2, -0.15) is 0 Å². The van der Waals surface area contributed by atoms with E-state index in [1.165, 1.54) is 29.5 Å². The molecule has 1 unspecified atom stereocenters. The van der Waals surface area contributed by atoms with Gasteiger partial charge < -0.3 is 15.6 Å². The van der Waals surface area contributed by atoms with Gasteiger partial charge in [-0.3, -0.25) is 9.59 Å². The third-order valence-corrected chi connectivity index (χ3v) is 5.80. The Morgan fingerprint density at radius 1 is 1.38 bits per heavy atom. The molecule has 1 aliphatic rings. The highest BCUT2D eigenvalue weighted by atomic mass is 32.2. The molecule has 0 aromatic carbocycles. The topological polar surface area (TPSA) is 103 Å². The zero-order valence-corrected chi connectivity index (χ0v) is 15.0. The molecule has 24 heavy (non-hydrogen) atoms. The number of hydrogen-bond acceptors (Lipinski definition) is 6. The van der Waals surface area contributed by atoms with Crippen molar-refractivity contribution in [2.24, 2.45) is 5.73 Å². The van der Waals surface area contributed by atoms with Gasteiger partial charge in [0.15, 0.2) is 5.16 Å². The first-order valence-electron chi connectivity index (χ1n) is 7.83. The molecule has 3 N–H and O–H groups in total. The van der Waals surface area contributed by atoms with Crippen molar-refractivity contribution < 1.29 is 9.59 Å². The van der Waals surface area contributed by atoms with Crippen molar-refractivity contribution >= 4 is 39.9 Å². The van der Waals surface area contributed by atoms with Crippen LogP contribution in [0, 0.1) is 0 Å². The Bertz CT molecular complexity index is 755. The van der Waals surface area contributed by atoms with E-state index in [2.05, 4.69) is 20.1 Å². The summed E-state index contributed by atoms with van der Waals surface area (Å²) in [6, 6.07) is 1.61. The summed E-state index contributed by atoms with van der Waals surface area (Å²) < 4.78 is 2.11. The van der Waals surface area contributed by atoms with Crippen LogP contribution >= 0.6 is 23.1 Å². The smallest absolute Gasteiger partial charge is 0.251 e. The normalized spacial score (nSPS) is 15.4. The van der Waals surface area contributed by atoms with Gasteiger partial charge in [-0.05, 0) is 31.2 Å². The van der Waals surface area contributed by atoms with Gasteiger partial charge in [0.2, 0.25) is 5.91 Å². The first-order valence-corrected chi connectivity index (χ1v) is 9.59. The van der Waals surface area contributed by atoms with E-state index in [0.717, 1.165) is 36.8 Å². The monoisotopic (exact) mass is 365 g/mol. The Labute approximate surface area is 148 Å². The molecule has 2 aromatic heterocycles. The number of nitrogens with two attached hydrogens (primary N) is 1. The van der Waals surface area contributed by atoms with E-state index in [4.69, 9.17) is 5.73 Å². The molecule has 3 rings (SSSR count). The van der Waals surface area contributed by atoms with E-state index in [1.807, 2.05) is 6.92 Å². The van der Waals surface area contributed by atoms with Crippen LogP contribution in [-0.4, -0.2) is 31.8 Å². The van der Waals surface area contributed by atoms with Crippen molar-refractivity contribution in [2.45, 2.75) is 49.6 Å². The molecule has 1 atom stereocenters. The van der Waals surface area contributed by atoms with Crippen molar-refractivity contribution in [2.75, 3.05) is 5.32 Å². The van der Waals surface area contributed by atoms with Crippen molar-refractivity contribution in [3.63, 3.8) is 0 Å². The molecule has 1 aliphatic heterocycles. The summed E-state index contributed by atoms with van der Waals surface area (Å²) in [5, 5.41) is 13.9. The van der Waals surface area contributed by atoms with Crippen molar-refractivity contribution in [3.8, 4) is 0 Å².